The van der Waals surface area contributed by atoms with Crippen molar-refractivity contribution in [2.75, 3.05) is 6.16 Å². The van der Waals surface area contributed by atoms with Crippen LogP contribution < -0.4 is 11.1 Å². The van der Waals surface area contributed by atoms with E-state index < -0.39 is 43.8 Å². The molecule has 10 heteroatoms. The van der Waals surface area contributed by atoms with E-state index in [-0.39, 0.29) is 13.0 Å². The zero-order chi connectivity index (χ0) is 27.5. The maximum Gasteiger partial charge on any atom is 0.360 e. The van der Waals surface area contributed by atoms with Crippen LogP contribution in [-0.2, 0) is 41.1 Å². The van der Waals surface area contributed by atoms with Crippen molar-refractivity contribution in [3.05, 3.63) is 96.1 Å². The van der Waals surface area contributed by atoms with Gasteiger partial charge in [0.15, 0.2) is 0 Å². The molecule has 0 aliphatic rings. The highest BCUT2D eigenvalue weighted by molar-refractivity contribution is 7.53. The first kappa shape index (κ1) is 29.2. The molecule has 1 amide bonds. The minimum atomic E-state index is -4.13. The summed E-state index contributed by atoms with van der Waals surface area (Å²) in [4.78, 5) is 25.7. The molecule has 9 nitrogen and oxygen atoms in total. The molecule has 3 aromatic carbocycles. The average Bonchev–Trinajstić information content (AvgIpc) is 2.92. The maximum absolute atomic E-state index is 13.2. The molecule has 0 radical (unpaired) electrons. The van der Waals surface area contributed by atoms with Crippen LogP contribution >= 0.6 is 7.60 Å². The van der Waals surface area contributed by atoms with Crippen molar-refractivity contribution >= 4 is 19.5 Å². The Labute approximate surface area is 222 Å². The molecule has 4 N–H and O–H groups in total. The van der Waals surface area contributed by atoms with Crippen molar-refractivity contribution in [1.29, 1.82) is 0 Å². The third-order valence-electron chi connectivity index (χ3n) is 5.75. The number of amides is 1. The first-order valence-corrected chi connectivity index (χ1v) is 13.9. The maximum atomic E-state index is 13.2. The van der Waals surface area contributed by atoms with Crippen molar-refractivity contribution in [2.24, 2.45) is 11.7 Å². The van der Waals surface area contributed by atoms with Gasteiger partial charge in [0, 0.05) is 0 Å². The number of carbonyl (C=O) groups is 2. The number of carbonyl (C=O) groups excluding carboxylic acids is 2. The number of esters is 1. The van der Waals surface area contributed by atoms with E-state index in [1.165, 1.54) is 13.8 Å². The van der Waals surface area contributed by atoms with Gasteiger partial charge in [-0.25, -0.2) is 10.1 Å². The lowest BCUT2D eigenvalue weighted by Crippen LogP contribution is -2.44. The summed E-state index contributed by atoms with van der Waals surface area (Å²) in [6, 6.07) is 25.5. The van der Waals surface area contributed by atoms with Gasteiger partial charge in [-0.15, -0.1) is 0 Å². The monoisotopic (exact) mass is 540 g/mol. The van der Waals surface area contributed by atoms with Gasteiger partial charge in [-0.1, -0.05) is 84.9 Å². The Hall–Kier alpha value is -3.33. The van der Waals surface area contributed by atoms with E-state index in [0.29, 0.717) is 0 Å². The molecule has 0 heterocycles. The minimum Gasteiger partial charge on any atom is -0.459 e. The number of benzene rings is 3. The molecule has 0 aliphatic carbocycles. The van der Waals surface area contributed by atoms with E-state index in [1.54, 1.807) is 0 Å². The topological polar surface area (TPSA) is 137 Å². The molecule has 38 heavy (non-hydrogen) atoms. The fourth-order valence-electron chi connectivity index (χ4n) is 3.85. The number of nitrogens with two attached hydrogens (primary N) is 1. The molecule has 0 bridgehead atoms. The Bertz CT molecular complexity index is 1220. The highest BCUT2D eigenvalue weighted by Crippen LogP contribution is 2.49. The number of hydrogen-bond donors (Lipinski definition) is 3. The highest BCUT2D eigenvalue weighted by atomic mass is 31.2. The normalized spacial score (nSPS) is 15.1. The van der Waals surface area contributed by atoms with Gasteiger partial charge in [0.1, 0.15) is 18.9 Å². The standard InChI is InChI=1S/C28H33N2O7P/c1-20(28(32)35-18-23-9-5-3-6-10-23)30-27(31)26(19-38(34,37-33)36-21(2)29)17-22-13-15-25(16-14-22)24-11-7-4-8-12-24/h3-16,20-21,26,33H,17-19,29H2,1-2H3,(H,30,31). The Morgan fingerprint density at radius 1 is 0.895 bits per heavy atom. The van der Waals surface area contributed by atoms with Crippen LogP contribution in [0.25, 0.3) is 11.1 Å². The molecule has 0 saturated heterocycles. The zero-order valence-electron chi connectivity index (χ0n) is 21.4. The Balaban J connectivity index is 1.72. The predicted molar refractivity (Wildman–Crippen MR) is 144 cm³/mol. The molecule has 0 spiro atoms. The van der Waals surface area contributed by atoms with Crippen LogP contribution in [-0.4, -0.2) is 35.6 Å². The van der Waals surface area contributed by atoms with E-state index in [4.69, 9.17) is 15.0 Å². The second kappa shape index (κ2) is 14.0. The predicted octanol–water partition coefficient (Wildman–Crippen LogP) is 4.76. The molecule has 4 unspecified atom stereocenters. The number of rotatable bonds is 13. The SMILES string of the molecule is CC(N)OP(=O)(CC(Cc1ccc(-c2ccccc2)cc1)C(=O)NC(C)C(=O)OCc1ccccc1)OO. The van der Waals surface area contributed by atoms with Crippen LogP contribution in [0, 0.1) is 5.92 Å². The van der Waals surface area contributed by atoms with Crippen LogP contribution in [0.4, 0.5) is 0 Å². The molecular weight excluding hydrogens is 507 g/mol. The lowest BCUT2D eigenvalue weighted by Gasteiger charge is -2.24. The van der Waals surface area contributed by atoms with E-state index in [0.717, 1.165) is 22.3 Å². The van der Waals surface area contributed by atoms with Crippen LogP contribution in [0.5, 0.6) is 0 Å². The molecule has 202 valence electrons. The van der Waals surface area contributed by atoms with E-state index >= 15 is 0 Å². The van der Waals surface area contributed by atoms with Gasteiger partial charge in [0.05, 0.1) is 12.1 Å². The molecule has 4 atom stereocenters. The Morgan fingerprint density at radius 2 is 1.47 bits per heavy atom. The van der Waals surface area contributed by atoms with Crippen LogP contribution in [0.15, 0.2) is 84.9 Å². The molecule has 0 aromatic heterocycles. The second-order valence-electron chi connectivity index (χ2n) is 8.97. The van der Waals surface area contributed by atoms with E-state index in [1.807, 2.05) is 84.9 Å². The smallest absolute Gasteiger partial charge is 0.360 e. The second-order valence-corrected chi connectivity index (χ2v) is 10.9. The summed E-state index contributed by atoms with van der Waals surface area (Å²) in [5.41, 5.74) is 9.20. The molecule has 0 saturated carbocycles. The van der Waals surface area contributed by atoms with Crippen LogP contribution in [0.2, 0.25) is 0 Å². The first-order valence-electron chi connectivity index (χ1n) is 12.2. The highest BCUT2D eigenvalue weighted by Gasteiger charge is 2.35. The van der Waals surface area contributed by atoms with E-state index in [2.05, 4.69) is 9.99 Å². The van der Waals surface area contributed by atoms with Gasteiger partial charge in [0.25, 0.3) is 0 Å². The molecule has 3 rings (SSSR count). The van der Waals surface area contributed by atoms with Gasteiger partial charge < -0.3 is 15.8 Å². The fourth-order valence-corrected chi connectivity index (χ4v) is 5.38. The molecule has 0 fully saturated rings. The first-order chi connectivity index (χ1) is 18.2. The summed E-state index contributed by atoms with van der Waals surface area (Å²) in [5, 5.41) is 11.9. The summed E-state index contributed by atoms with van der Waals surface area (Å²) < 4.78 is 27.6. The lowest BCUT2D eigenvalue weighted by molar-refractivity contribution is -0.152. The fraction of sp³-hybridized carbons (Fsp3) is 0.286. The largest absolute Gasteiger partial charge is 0.459 e. The van der Waals surface area contributed by atoms with Gasteiger partial charge in [-0.05, 0) is 42.5 Å². The molecular formula is C28H33N2O7P. The lowest BCUT2D eigenvalue weighted by atomic mass is 9.97. The van der Waals surface area contributed by atoms with Crippen LogP contribution in [0.1, 0.15) is 25.0 Å². The van der Waals surface area contributed by atoms with Crippen molar-refractivity contribution < 1.29 is 33.3 Å². The van der Waals surface area contributed by atoms with Crippen molar-refractivity contribution in [3.63, 3.8) is 0 Å². The van der Waals surface area contributed by atoms with Gasteiger partial charge in [-0.3, -0.25) is 13.9 Å². The third kappa shape index (κ3) is 8.90. The number of nitrogens with one attached hydrogen (secondary N) is 1. The van der Waals surface area contributed by atoms with Crippen molar-refractivity contribution in [1.82, 2.24) is 5.32 Å². The van der Waals surface area contributed by atoms with Crippen molar-refractivity contribution in [2.45, 2.75) is 39.1 Å². The summed E-state index contributed by atoms with van der Waals surface area (Å²) >= 11 is 0. The molecule has 3 aromatic rings. The summed E-state index contributed by atoms with van der Waals surface area (Å²) in [6.45, 7) is 2.98. The summed E-state index contributed by atoms with van der Waals surface area (Å²) in [7, 11) is -4.13. The van der Waals surface area contributed by atoms with E-state index in [9.17, 15) is 19.4 Å². The Kier molecular flexibility index (Phi) is 10.8. The number of ether oxygens (including phenoxy) is 1. The molecule has 0 aliphatic heterocycles. The van der Waals surface area contributed by atoms with Gasteiger partial charge >= 0.3 is 13.6 Å². The number of hydrogen-bond acceptors (Lipinski definition) is 8. The van der Waals surface area contributed by atoms with Crippen LogP contribution in [0.3, 0.4) is 0 Å². The zero-order valence-corrected chi connectivity index (χ0v) is 22.3. The average molecular weight is 541 g/mol. The third-order valence-corrected chi connectivity index (χ3v) is 7.54. The Morgan fingerprint density at radius 3 is 2.05 bits per heavy atom. The summed E-state index contributed by atoms with van der Waals surface area (Å²) in [6.07, 6.45) is -1.32. The van der Waals surface area contributed by atoms with Crippen molar-refractivity contribution in [3.8, 4) is 11.1 Å². The van der Waals surface area contributed by atoms with Gasteiger partial charge in [-0.2, -0.15) is 4.67 Å². The minimum absolute atomic E-state index is 0.0624. The van der Waals surface area contributed by atoms with Gasteiger partial charge in [0.2, 0.25) is 5.91 Å². The summed E-state index contributed by atoms with van der Waals surface area (Å²) in [5.74, 6) is -2.17. The quantitative estimate of drug-likeness (QED) is 0.0928.